The standard InChI is InChI=1S/C22H22ClN5O6S2/c1-13-10-14(2)25-22(24-13)27-36(32,33)17-7-5-16(6-8-17)26-21(29)20-12-28(35(3,30)31)18-11-15(23)4-9-19(18)34-20/h4-11,20H,12H2,1-3H3,(H,26,29)(H,24,25,27). The molecule has 1 aromatic heterocycles. The van der Waals surface area contributed by atoms with Gasteiger partial charge in [-0.25, -0.2) is 31.5 Å². The molecule has 0 fully saturated rings. The Kier molecular flexibility index (Phi) is 6.82. The smallest absolute Gasteiger partial charge is 0.267 e. The summed E-state index contributed by atoms with van der Waals surface area (Å²) in [4.78, 5) is 21.0. The third-order valence-corrected chi connectivity index (χ3v) is 7.85. The number of benzene rings is 2. The summed E-state index contributed by atoms with van der Waals surface area (Å²) in [5.41, 5.74) is 1.76. The van der Waals surface area contributed by atoms with E-state index >= 15 is 0 Å². The van der Waals surface area contributed by atoms with E-state index in [0.29, 0.717) is 16.4 Å². The van der Waals surface area contributed by atoms with Crippen LogP contribution < -0.4 is 19.1 Å². The Labute approximate surface area is 213 Å². The highest BCUT2D eigenvalue weighted by Crippen LogP contribution is 2.37. The summed E-state index contributed by atoms with van der Waals surface area (Å²) >= 11 is 5.99. The number of carbonyl (C=O) groups excluding carboxylic acids is 1. The molecule has 0 saturated heterocycles. The number of hydrogen-bond donors (Lipinski definition) is 2. The molecule has 2 heterocycles. The highest BCUT2D eigenvalue weighted by molar-refractivity contribution is 7.92. The molecular formula is C22H22ClN5O6S2. The van der Waals surface area contributed by atoms with E-state index in [9.17, 15) is 21.6 Å². The van der Waals surface area contributed by atoms with Gasteiger partial charge in [0, 0.05) is 22.1 Å². The number of halogens is 1. The Balaban J connectivity index is 1.49. The van der Waals surface area contributed by atoms with Gasteiger partial charge in [0.2, 0.25) is 16.0 Å². The molecule has 190 valence electrons. The van der Waals surface area contributed by atoms with Crippen molar-refractivity contribution in [2.24, 2.45) is 0 Å². The predicted molar refractivity (Wildman–Crippen MR) is 135 cm³/mol. The van der Waals surface area contributed by atoms with Crippen LogP contribution in [0.15, 0.2) is 53.4 Å². The molecule has 36 heavy (non-hydrogen) atoms. The van der Waals surface area contributed by atoms with Gasteiger partial charge in [0.1, 0.15) is 5.75 Å². The molecule has 0 bridgehead atoms. The minimum absolute atomic E-state index is 0.0451. The quantitative estimate of drug-likeness (QED) is 0.475. The minimum atomic E-state index is -3.97. The first-order chi connectivity index (χ1) is 16.8. The van der Waals surface area contributed by atoms with Gasteiger partial charge < -0.3 is 10.1 Å². The van der Waals surface area contributed by atoms with E-state index in [0.717, 1.165) is 10.6 Å². The number of nitrogens with one attached hydrogen (secondary N) is 2. The second-order valence-corrected chi connectivity index (χ2v) is 12.1. The number of nitrogens with zero attached hydrogens (tertiary/aromatic N) is 3. The Morgan fingerprint density at radius 2 is 1.67 bits per heavy atom. The molecule has 1 unspecified atom stereocenters. The minimum Gasteiger partial charge on any atom is -0.476 e. The lowest BCUT2D eigenvalue weighted by atomic mass is 10.2. The van der Waals surface area contributed by atoms with E-state index in [4.69, 9.17) is 16.3 Å². The van der Waals surface area contributed by atoms with E-state index in [-0.39, 0.29) is 34.5 Å². The van der Waals surface area contributed by atoms with Crippen molar-refractivity contribution in [1.29, 1.82) is 0 Å². The van der Waals surface area contributed by atoms with Crippen molar-refractivity contribution >= 4 is 54.9 Å². The number of sulfonamides is 2. The number of fused-ring (bicyclic) bond motifs is 1. The van der Waals surface area contributed by atoms with Crippen LogP contribution in [-0.4, -0.2) is 51.6 Å². The summed E-state index contributed by atoms with van der Waals surface area (Å²) in [7, 11) is -7.69. The maximum Gasteiger partial charge on any atom is 0.267 e. The molecule has 4 rings (SSSR count). The van der Waals surface area contributed by atoms with Gasteiger partial charge in [-0.05, 0) is 62.4 Å². The number of hydrogen-bond acceptors (Lipinski definition) is 8. The molecule has 11 nitrogen and oxygen atoms in total. The highest BCUT2D eigenvalue weighted by atomic mass is 35.5. The number of carbonyl (C=O) groups is 1. The summed E-state index contributed by atoms with van der Waals surface area (Å²) in [5, 5.41) is 2.94. The van der Waals surface area contributed by atoms with Crippen molar-refractivity contribution in [2.75, 3.05) is 27.1 Å². The first-order valence-electron chi connectivity index (χ1n) is 10.5. The van der Waals surface area contributed by atoms with Crippen LogP contribution in [0.4, 0.5) is 17.3 Å². The maximum absolute atomic E-state index is 12.9. The Morgan fingerprint density at radius 3 is 2.28 bits per heavy atom. The van der Waals surface area contributed by atoms with Crippen molar-refractivity contribution in [2.45, 2.75) is 24.8 Å². The maximum atomic E-state index is 12.9. The number of amides is 1. The van der Waals surface area contributed by atoms with E-state index in [1.807, 2.05) is 0 Å². The Hall–Kier alpha value is -3.42. The van der Waals surface area contributed by atoms with Crippen LogP contribution in [0.25, 0.3) is 0 Å². The molecule has 0 spiro atoms. The lowest BCUT2D eigenvalue weighted by Crippen LogP contribution is -2.48. The molecule has 0 aliphatic carbocycles. The van der Waals surface area contributed by atoms with Crippen LogP contribution in [0.3, 0.4) is 0 Å². The second-order valence-electron chi connectivity index (χ2n) is 8.11. The van der Waals surface area contributed by atoms with Gasteiger partial charge in [-0.2, -0.15) is 0 Å². The highest BCUT2D eigenvalue weighted by Gasteiger charge is 2.35. The fourth-order valence-corrected chi connectivity index (χ4v) is 5.58. The van der Waals surface area contributed by atoms with Crippen molar-refractivity contribution in [3.05, 3.63) is 64.9 Å². The summed E-state index contributed by atoms with van der Waals surface area (Å²) in [6, 6.07) is 11.6. The average molecular weight is 552 g/mol. The Bertz CT molecular complexity index is 1530. The number of aryl methyl sites for hydroxylation is 2. The molecule has 14 heteroatoms. The Morgan fingerprint density at radius 1 is 1.03 bits per heavy atom. The van der Waals surface area contributed by atoms with E-state index in [1.165, 1.54) is 42.5 Å². The zero-order chi connectivity index (χ0) is 26.3. The molecule has 2 aromatic carbocycles. The lowest BCUT2D eigenvalue weighted by molar-refractivity contribution is -0.122. The van der Waals surface area contributed by atoms with Crippen LogP contribution in [0.2, 0.25) is 5.02 Å². The molecule has 1 atom stereocenters. The normalized spacial score (nSPS) is 15.6. The molecule has 2 N–H and O–H groups in total. The van der Waals surface area contributed by atoms with Gasteiger partial charge in [-0.1, -0.05) is 11.6 Å². The van der Waals surface area contributed by atoms with Gasteiger partial charge >= 0.3 is 0 Å². The lowest BCUT2D eigenvalue weighted by Gasteiger charge is -2.34. The van der Waals surface area contributed by atoms with E-state index in [2.05, 4.69) is 20.0 Å². The van der Waals surface area contributed by atoms with Crippen molar-refractivity contribution in [1.82, 2.24) is 9.97 Å². The van der Waals surface area contributed by atoms with Gasteiger partial charge in [0.15, 0.2) is 6.10 Å². The van der Waals surface area contributed by atoms with Gasteiger partial charge in [0.05, 0.1) is 23.4 Å². The van der Waals surface area contributed by atoms with Crippen molar-refractivity contribution in [3.8, 4) is 5.75 Å². The fraction of sp³-hybridized carbons (Fsp3) is 0.227. The summed E-state index contributed by atoms with van der Waals surface area (Å²) < 4.78 is 59.1. The topological polar surface area (TPSA) is 148 Å². The predicted octanol–water partition coefficient (Wildman–Crippen LogP) is 2.71. The average Bonchev–Trinajstić information content (AvgIpc) is 2.77. The first kappa shape index (κ1) is 25.7. The number of anilines is 3. The third-order valence-electron chi connectivity index (χ3n) is 5.12. The fourth-order valence-electron chi connectivity index (χ4n) is 3.57. The summed E-state index contributed by atoms with van der Waals surface area (Å²) in [5.74, 6) is -0.463. The van der Waals surface area contributed by atoms with Crippen LogP contribution in [0.1, 0.15) is 11.4 Å². The third kappa shape index (κ3) is 5.69. The number of ether oxygens (including phenoxy) is 1. The largest absolute Gasteiger partial charge is 0.476 e. The molecule has 1 aliphatic heterocycles. The molecule has 1 amide bonds. The van der Waals surface area contributed by atoms with Crippen LogP contribution in [0.5, 0.6) is 5.75 Å². The van der Waals surface area contributed by atoms with Gasteiger partial charge in [-0.3, -0.25) is 9.10 Å². The molecule has 3 aromatic rings. The molecule has 1 aliphatic rings. The van der Waals surface area contributed by atoms with Crippen LogP contribution >= 0.6 is 11.6 Å². The summed E-state index contributed by atoms with van der Waals surface area (Å²) in [6.07, 6.45) is -0.131. The first-order valence-corrected chi connectivity index (χ1v) is 14.2. The van der Waals surface area contributed by atoms with Crippen molar-refractivity contribution < 1.29 is 26.4 Å². The number of aromatic nitrogens is 2. The molecule has 0 saturated carbocycles. The van der Waals surface area contributed by atoms with Crippen LogP contribution in [0, 0.1) is 13.8 Å². The molecular weight excluding hydrogens is 530 g/mol. The SMILES string of the molecule is Cc1cc(C)nc(NS(=O)(=O)c2ccc(NC(=O)C3CN(S(C)(=O)=O)c4cc(Cl)ccc4O3)cc2)n1. The zero-order valence-corrected chi connectivity index (χ0v) is 21.8. The zero-order valence-electron chi connectivity index (χ0n) is 19.4. The van der Waals surface area contributed by atoms with Gasteiger partial charge in [0.25, 0.3) is 15.9 Å². The van der Waals surface area contributed by atoms with E-state index in [1.54, 1.807) is 19.9 Å². The monoisotopic (exact) mass is 551 g/mol. The van der Waals surface area contributed by atoms with Crippen molar-refractivity contribution in [3.63, 3.8) is 0 Å². The van der Waals surface area contributed by atoms with Crippen LogP contribution in [-0.2, 0) is 24.8 Å². The second kappa shape index (κ2) is 9.56. The van der Waals surface area contributed by atoms with E-state index < -0.39 is 32.1 Å². The molecule has 0 radical (unpaired) electrons. The van der Waals surface area contributed by atoms with Gasteiger partial charge in [-0.15, -0.1) is 0 Å². The number of rotatable bonds is 6. The summed E-state index contributed by atoms with van der Waals surface area (Å²) in [6.45, 7) is 3.19.